The summed E-state index contributed by atoms with van der Waals surface area (Å²) in [6.45, 7) is 1.52. The Morgan fingerprint density at radius 3 is 2.77 bits per heavy atom. The van der Waals surface area contributed by atoms with Crippen molar-refractivity contribution >= 4 is 28.5 Å². The van der Waals surface area contributed by atoms with Gasteiger partial charge < -0.3 is 0 Å². The summed E-state index contributed by atoms with van der Waals surface area (Å²) in [6.07, 6.45) is 0. The van der Waals surface area contributed by atoms with Crippen molar-refractivity contribution in [3.05, 3.63) is 21.3 Å². The second-order valence-electron chi connectivity index (χ2n) is 2.47. The molecule has 0 spiro atoms. The van der Waals surface area contributed by atoms with Gasteiger partial charge in [0.2, 0.25) is 0 Å². The molecule has 0 bridgehead atoms. The quantitative estimate of drug-likeness (QED) is 0.715. The fourth-order valence-corrected chi connectivity index (χ4v) is 2.15. The van der Waals surface area contributed by atoms with Gasteiger partial charge >= 0.3 is 0 Å². The van der Waals surface area contributed by atoms with Crippen molar-refractivity contribution in [3.8, 4) is 11.4 Å². The summed E-state index contributed by atoms with van der Waals surface area (Å²) in [4.78, 5) is 19.2. The van der Waals surface area contributed by atoms with Gasteiger partial charge in [0, 0.05) is 17.7 Å². The fraction of sp³-hybridized carbons (Fsp3) is 0.125. The number of Topliss-reactive ketones (excluding diaryl/α,β-unsaturated/α-hetero) is 1. The van der Waals surface area contributed by atoms with Gasteiger partial charge in [-0.1, -0.05) is 0 Å². The summed E-state index contributed by atoms with van der Waals surface area (Å²) in [6, 6.07) is 0. The lowest BCUT2D eigenvalue weighted by molar-refractivity contribution is 0.101. The van der Waals surface area contributed by atoms with Crippen molar-refractivity contribution in [2.24, 2.45) is 0 Å². The Morgan fingerprint density at radius 2 is 2.23 bits per heavy atom. The molecule has 0 fully saturated rings. The number of rotatable bonds is 2. The molecule has 0 radical (unpaired) electrons. The molecule has 0 amide bonds. The normalized spacial score (nSPS) is 10.2. The molecule has 13 heavy (non-hydrogen) atoms. The van der Waals surface area contributed by atoms with E-state index in [0.29, 0.717) is 5.01 Å². The van der Waals surface area contributed by atoms with Crippen LogP contribution in [-0.2, 0) is 0 Å². The highest BCUT2D eigenvalue weighted by Crippen LogP contribution is 2.21. The summed E-state index contributed by atoms with van der Waals surface area (Å²) in [5.74, 6) is 0.00600. The van der Waals surface area contributed by atoms with Crippen LogP contribution < -0.4 is 0 Å². The molecule has 0 atom stereocenters. The molecule has 2 heterocycles. The summed E-state index contributed by atoms with van der Waals surface area (Å²) >= 11 is 2.88. The van der Waals surface area contributed by atoms with Crippen molar-refractivity contribution < 1.29 is 4.79 Å². The van der Waals surface area contributed by atoms with Gasteiger partial charge in [-0.25, -0.2) is 9.97 Å². The predicted octanol–water partition coefficient (Wildman–Crippen LogP) is 2.47. The standard InChI is InChI=1S/C8H6N2OS2/c1-5(11)8-10-7(3-13-8)6-2-12-4-9-6/h2-4H,1H3. The van der Waals surface area contributed by atoms with Crippen molar-refractivity contribution in [1.29, 1.82) is 0 Å². The molecule has 0 saturated heterocycles. The maximum absolute atomic E-state index is 11.0. The number of ketones is 1. The minimum atomic E-state index is 0.00600. The van der Waals surface area contributed by atoms with Gasteiger partial charge in [0.05, 0.1) is 5.51 Å². The van der Waals surface area contributed by atoms with Gasteiger partial charge in [-0.05, 0) is 0 Å². The third-order valence-electron chi connectivity index (χ3n) is 1.50. The topological polar surface area (TPSA) is 42.9 Å². The van der Waals surface area contributed by atoms with E-state index in [1.54, 1.807) is 5.51 Å². The fourth-order valence-electron chi connectivity index (χ4n) is 0.892. The molecule has 0 aromatic carbocycles. The summed E-state index contributed by atoms with van der Waals surface area (Å²) in [5, 5.41) is 4.31. The first-order valence-electron chi connectivity index (χ1n) is 3.62. The van der Waals surface area contributed by atoms with Crippen LogP contribution in [0.2, 0.25) is 0 Å². The summed E-state index contributed by atoms with van der Waals surface area (Å²) in [5.41, 5.74) is 3.38. The highest BCUT2D eigenvalue weighted by molar-refractivity contribution is 7.12. The second-order valence-corrected chi connectivity index (χ2v) is 4.04. The van der Waals surface area contributed by atoms with E-state index < -0.39 is 0 Å². The Bertz CT molecular complexity index is 419. The number of hydrogen-bond donors (Lipinski definition) is 0. The third kappa shape index (κ3) is 1.66. The number of hydrogen-bond acceptors (Lipinski definition) is 5. The van der Waals surface area contributed by atoms with Crippen LogP contribution in [-0.4, -0.2) is 15.8 Å². The van der Waals surface area contributed by atoms with Gasteiger partial charge in [-0.15, -0.1) is 22.7 Å². The highest BCUT2D eigenvalue weighted by Gasteiger charge is 2.08. The molecule has 0 aliphatic carbocycles. The first-order chi connectivity index (χ1) is 6.27. The lowest BCUT2D eigenvalue weighted by atomic mass is 10.4. The first-order valence-corrected chi connectivity index (χ1v) is 5.44. The van der Waals surface area contributed by atoms with Crippen LogP contribution in [0.3, 0.4) is 0 Å². The van der Waals surface area contributed by atoms with Gasteiger partial charge in [0.25, 0.3) is 0 Å². The molecule has 2 aromatic rings. The maximum atomic E-state index is 11.0. The van der Waals surface area contributed by atoms with Crippen LogP contribution in [0, 0.1) is 0 Å². The molecule has 0 unspecified atom stereocenters. The summed E-state index contributed by atoms with van der Waals surface area (Å²) in [7, 11) is 0. The minimum Gasteiger partial charge on any atom is -0.292 e. The molecule has 5 heteroatoms. The molecule has 2 aromatic heterocycles. The van der Waals surface area contributed by atoms with Gasteiger partial charge in [0.1, 0.15) is 11.4 Å². The van der Waals surface area contributed by atoms with Crippen LogP contribution in [0.5, 0.6) is 0 Å². The zero-order valence-corrected chi connectivity index (χ0v) is 8.48. The zero-order chi connectivity index (χ0) is 9.26. The molecular formula is C8H6N2OS2. The average Bonchev–Trinajstić information content (AvgIpc) is 2.75. The molecule has 66 valence electrons. The smallest absolute Gasteiger partial charge is 0.188 e. The van der Waals surface area contributed by atoms with E-state index >= 15 is 0 Å². The Morgan fingerprint density at radius 1 is 1.38 bits per heavy atom. The number of carbonyl (C=O) groups excluding carboxylic acids is 1. The lowest BCUT2D eigenvalue weighted by Crippen LogP contribution is -1.89. The summed E-state index contributed by atoms with van der Waals surface area (Å²) < 4.78 is 0. The van der Waals surface area contributed by atoms with Gasteiger partial charge in [-0.3, -0.25) is 4.79 Å². The number of thiazole rings is 2. The minimum absolute atomic E-state index is 0.00600. The van der Waals surface area contributed by atoms with E-state index in [-0.39, 0.29) is 5.78 Å². The molecule has 0 aliphatic heterocycles. The van der Waals surface area contributed by atoms with Crippen LogP contribution in [0.25, 0.3) is 11.4 Å². The van der Waals surface area contributed by atoms with E-state index in [1.165, 1.54) is 29.6 Å². The van der Waals surface area contributed by atoms with Crippen LogP contribution in [0.15, 0.2) is 16.3 Å². The van der Waals surface area contributed by atoms with Crippen molar-refractivity contribution in [2.75, 3.05) is 0 Å². The Balaban J connectivity index is 2.39. The number of carbonyl (C=O) groups is 1. The lowest BCUT2D eigenvalue weighted by Gasteiger charge is -1.85. The molecule has 0 saturated carbocycles. The molecule has 0 N–H and O–H groups in total. The molecular weight excluding hydrogens is 204 g/mol. The van der Waals surface area contributed by atoms with E-state index in [9.17, 15) is 4.79 Å². The predicted molar refractivity (Wildman–Crippen MR) is 53.2 cm³/mol. The Labute approximate surface area is 83.1 Å². The van der Waals surface area contributed by atoms with Crippen molar-refractivity contribution in [2.45, 2.75) is 6.92 Å². The number of aromatic nitrogens is 2. The largest absolute Gasteiger partial charge is 0.292 e. The second kappa shape index (κ2) is 3.35. The van der Waals surface area contributed by atoms with Crippen molar-refractivity contribution in [1.82, 2.24) is 9.97 Å². The SMILES string of the molecule is CC(=O)c1nc(-c2cscn2)cs1. The van der Waals surface area contributed by atoms with E-state index in [4.69, 9.17) is 0 Å². The van der Waals surface area contributed by atoms with E-state index in [2.05, 4.69) is 9.97 Å². The van der Waals surface area contributed by atoms with Gasteiger partial charge in [0.15, 0.2) is 10.8 Å². The van der Waals surface area contributed by atoms with E-state index in [0.717, 1.165) is 11.4 Å². The molecule has 3 nitrogen and oxygen atoms in total. The number of nitrogens with zero attached hydrogens (tertiary/aromatic N) is 2. The van der Waals surface area contributed by atoms with Crippen LogP contribution in [0.4, 0.5) is 0 Å². The monoisotopic (exact) mass is 210 g/mol. The van der Waals surface area contributed by atoms with Crippen LogP contribution in [0.1, 0.15) is 16.7 Å². The Kier molecular flexibility index (Phi) is 2.20. The third-order valence-corrected chi connectivity index (χ3v) is 3.03. The zero-order valence-electron chi connectivity index (χ0n) is 6.85. The average molecular weight is 210 g/mol. The Hall–Kier alpha value is -1.07. The molecule has 0 aliphatic rings. The van der Waals surface area contributed by atoms with Crippen LogP contribution >= 0.6 is 22.7 Å². The maximum Gasteiger partial charge on any atom is 0.188 e. The highest BCUT2D eigenvalue weighted by atomic mass is 32.1. The molecule has 2 rings (SSSR count). The van der Waals surface area contributed by atoms with E-state index in [1.807, 2.05) is 10.8 Å². The first kappa shape index (κ1) is 8.52. The van der Waals surface area contributed by atoms with Gasteiger partial charge in [-0.2, -0.15) is 0 Å². The van der Waals surface area contributed by atoms with Crippen molar-refractivity contribution in [3.63, 3.8) is 0 Å².